The van der Waals surface area contributed by atoms with Crippen molar-refractivity contribution in [1.82, 2.24) is 0 Å². The van der Waals surface area contributed by atoms with Crippen LogP contribution in [-0.4, -0.2) is 11.9 Å². The Balaban J connectivity index is -0.000000853. The van der Waals surface area contributed by atoms with Crippen molar-refractivity contribution in [3.63, 3.8) is 0 Å². The maximum atomic E-state index is 10.6. The largest absolute Gasteiger partial charge is 1.00 e. The summed E-state index contributed by atoms with van der Waals surface area (Å²) >= 11 is 0.433. The minimum absolute atomic E-state index is 0. The van der Waals surface area contributed by atoms with E-state index >= 15 is 0 Å². The molecule has 11 heteroatoms. The molecule has 0 saturated carbocycles. The summed E-state index contributed by atoms with van der Waals surface area (Å²) in [6.45, 7) is 0. The van der Waals surface area contributed by atoms with Gasteiger partial charge in [0.05, 0.1) is 24.0 Å². The molecule has 19 heavy (non-hydrogen) atoms. The van der Waals surface area contributed by atoms with Crippen molar-refractivity contribution in [2.24, 2.45) is 0 Å². The summed E-state index contributed by atoms with van der Waals surface area (Å²) in [5.41, 5.74) is -1.09. The number of rotatable bonds is 5. The number of aromatic carboxylic acids is 2. The molecule has 0 radical (unpaired) electrons. The number of carbonyl (C=O) groups is 2. The Hall–Kier alpha value is 1.39. The van der Waals surface area contributed by atoms with Gasteiger partial charge >= 0.3 is 88.7 Å². The topological polar surface area (TPSA) is 122 Å². The molecule has 0 aliphatic rings. The van der Waals surface area contributed by atoms with Gasteiger partial charge in [0.15, 0.2) is 0 Å². The van der Waals surface area contributed by atoms with Crippen LogP contribution in [0.2, 0.25) is 0 Å². The van der Waals surface area contributed by atoms with Crippen LogP contribution in [0.3, 0.4) is 0 Å². The second kappa shape index (κ2) is 13.1. The molecule has 0 spiro atoms. The molecule has 0 aliphatic carbocycles. The first-order valence-corrected chi connectivity index (χ1v) is 4.50. The van der Waals surface area contributed by atoms with Crippen LogP contribution >= 0.6 is 12.0 Å². The van der Waals surface area contributed by atoms with Gasteiger partial charge in [0.25, 0.3) is 0 Å². The minimum atomic E-state index is -1.68. The molecule has 0 saturated heterocycles. The Bertz CT molecular complexity index is 429. The summed E-state index contributed by atoms with van der Waals surface area (Å²) in [5, 5.41) is 33.7. The molecular formula is C8H3Na3O7S. The summed E-state index contributed by atoms with van der Waals surface area (Å²) in [5.74, 6) is -3.32. The van der Waals surface area contributed by atoms with Crippen LogP contribution in [-0.2, 0) is 9.37 Å². The van der Waals surface area contributed by atoms with Gasteiger partial charge in [0.1, 0.15) is 0 Å². The van der Waals surface area contributed by atoms with Gasteiger partial charge in [0, 0.05) is 16.0 Å². The Morgan fingerprint density at radius 3 is 1.95 bits per heavy atom. The first kappa shape index (κ1) is 25.3. The predicted octanol–water partition coefficient (Wildman–Crippen LogP) is -11.3. The zero-order valence-electron chi connectivity index (χ0n) is 10.5. The number of carboxylic acid groups (broad SMARTS) is 2. The third kappa shape index (κ3) is 8.42. The van der Waals surface area contributed by atoms with Crippen molar-refractivity contribution in [3.8, 4) is 0 Å². The van der Waals surface area contributed by atoms with E-state index in [2.05, 4.69) is 9.37 Å². The van der Waals surface area contributed by atoms with Crippen LogP contribution in [0.25, 0.3) is 0 Å². The molecule has 0 bridgehead atoms. The van der Waals surface area contributed by atoms with Gasteiger partial charge in [0.2, 0.25) is 0 Å². The number of benzene rings is 1. The van der Waals surface area contributed by atoms with Gasteiger partial charge in [-0.05, 0) is 12.1 Å². The Kier molecular flexibility index (Phi) is 17.5. The van der Waals surface area contributed by atoms with Crippen molar-refractivity contribution in [1.29, 1.82) is 0 Å². The van der Waals surface area contributed by atoms with Crippen LogP contribution in [0.15, 0.2) is 23.1 Å². The average molecular weight is 312 g/mol. The molecule has 0 heterocycles. The molecule has 86 valence electrons. The standard InChI is InChI=1S/C8H6O7S.3Na/c9-7(10)5-2-1-4(16-15-14-13)3-6(5)8(11)12;;;/h1-3,13H,(H,9,10)(H,11,12);;;/q;3*+1/p-3. The van der Waals surface area contributed by atoms with Crippen molar-refractivity contribution in [3.05, 3.63) is 29.3 Å². The number of carboxylic acids is 2. The molecular weight excluding hydrogens is 309 g/mol. The first-order valence-electron chi connectivity index (χ1n) is 3.76. The maximum Gasteiger partial charge on any atom is 1.00 e. The molecule has 1 rings (SSSR count). The second-order valence-electron chi connectivity index (χ2n) is 2.50. The van der Waals surface area contributed by atoms with E-state index in [4.69, 9.17) is 0 Å². The number of hydrogen-bond donors (Lipinski definition) is 0. The van der Waals surface area contributed by atoms with Gasteiger partial charge in [-0.1, -0.05) is 6.07 Å². The fraction of sp³-hybridized carbons (Fsp3) is 0. The summed E-state index contributed by atoms with van der Waals surface area (Å²) in [4.78, 5) is 21.3. The molecule has 0 aromatic heterocycles. The zero-order valence-corrected chi connectivity index (χ0v) is 17.3. The van der Waals surface area contributed by atoms with E-state index in [-0.39, 0.29) is 93.6 Å². The summed E-state index contributed by atoms with van der Waals surface area (Å²) in [6.07, 6.45) is 0. The number of carbonyl (C=O) groups excluding carboxylic acids is 2. The van der Waals surface area contributed by atoms with E-state index in [1.165, 1.54) is 6.07 Å². The normalized spacial score (nSPS) is 8.47. The Morgan fingerprint density at radius 2 is 1.53 bits per heavy atom. The van der Waals surface area contributed by atoms with Gasteiger partial charge in [-0.25, -0.2) is 0 Å². The molecule has 7 nitrogen and oxygen atoms in total. The van der Waals surface area contributed by atoms with Crippen molar-refractivity contribution >= 4 is 24.0 Å². The minimum Gasteiger partial charge on any atom is -0.691 e. The monoisotopic (exact) mass is 312 g/mol. The third-order valence-corrected chi connectivity index (χ3v) is 2.16. The quantitative estimate of drug-likeness (QED) is 0.227. The first-order chi connectivity index (χ1) is 7.56. The van der Waals surface area contributed by atoms with Gasteiger partial charge in [-0.3, -0.25) is 5.04 Å². The Morgan fingerprint density at radius 1 is 1.00 bits per heavy atom. The van der Waals surface area contributed by atoms with Crippen molar-refractivity contribution in [2.45, 2.75) is 4.90 Å². The Labute approximate surface area is 179 Å². The van der Waals surface area contributed by atoms with Crippen LogP contribution < -0.4 is 104 Å². The fourth-order valence-electron chi connectivity index (χ4n) is 0.975. The van der Waals surface area contributed by atoms with E-state index in [9.17, 15) is 25.1 Å². The molecule has 1 aromatic carbocycles. The molecule has 0 amide bonds. The van der Waals surface area contributed by atoms with Gasteiger partial charge in [-0.15, -0.1) is 0 Å². The molecule has 1 aromatic rings. The fourth-order valence-corrected chi connectivity index (χ4v) is 1.37. The van der Waals surface area contributed by atoms with Gasteiger partial charge < -0.3 is 25.1 Å². The molecule has 0 aliphatic heterocycles. The summed E-state index contributed by atoms with van der Waals surface area (Å²) in [7, 11) is 0. The van der Waals surface area contributed by atoms with E-state index in [1.807, 2.05) is 0 Å². The summed E-state index contributed by atoms with van der Waals surface area (Å²) < 4.78 is 3.94. The van der Waals surface area contributed by atoms with Crippen LogP contribution in [0.1, 0.15) is 20.7 Å². The van der Waals surface area contributed by atoms with E-state index in [0.717, 1.165) is 12.1 Å². The van der Waals surface area contributed by atoms with Crippen LogP contribution in [0.5, 0.6) is 0 Å². The zero-order chi connectivity index (χ0) is 12.1. The molecule has 0 unspecified atom stereocenters. The SMILES string of the molecule is O=C([O-])c1ccc(SOO[O-])cc1C(=O)[O-].[Na+].[Na+].[Na+]. The van der Waals surface area contributed by atoms with E-state index < -0.39 is 23.1 Å². The number of hydrogen-bond acceptors (Lipinski definition) is 8. The van der Waals surface area contributed by atoms with Crippen molar-refractivity contribution in [2.75, 3.05) is 0 Å². The summed E-state index contributed by atoms with van der Waals surface area (Å²) in [6, 6.07) is 3.18. The smallest absolute Gasteiger partial charge is 0.691 e. The predicted molar refractivity (Wildman–Crippen MR) is 43.1 cm³/mol. The van der Waals surface area contributed by atoms with Crippen LogP contribution in [0.4, 0.5) is 0 Å². The second-order valence-corrected chi connectivity index (χ2v) is 3.28. The van der Waals surface area contributed by atoms with E-state index in [1.54, 1.807) is 0 Å². The molecule has 0 N–H and O–H groups in total. The molecule has 0 fully saturated rings. The van der Waals surface area contributed by atoms with Crippen molar-refractivity contribution < 1.29 is 123 Å². The molecule has 0 atom stereocenters. The van der Waals surface area contributed by atoms with Gasteiger partial charge in [-0.2, -0.15) is 4.33 Å². The maximum absolute atomic E-state index is 10.6. The average Bonchev–Trinajstić information content (AvgIpc) is 2.25. The van der Waals surface area contributed by atoms with Crippen LogP contribution in [0, 0.1) is 0 Å². The van der Waals surface area contributed by atoms with E-state index in [0.29, 0.717) is 12.0 Å². The third-order valence-electron chi connectivity index (χ3n) is 1.59.